The van der Waals surface area contributed by atoms with Crippen LogP contribution in [0.4, 0.5) is 0 Å². The third-order valence-electron chi connectivity index (χ3n) is 3.33. The Hall–Kier alpha value is 0.420. The van der Waals surface area contributed by atoms with E-state index in [-0.39, 0.29) is 37.0 Å². The maximum atomic E-state index is 6.04. The second-order valence-corrected chi connectivity index (χ2v) is 4.14. The summed E-state index contributed by atoms with van der Waals surface area (Å²) >= 11 is 0. The van der Waals surface area contributed by atoms with Gasteiger partial charge in [-0.25, -0.2) is 0 Å². The summed E-state index contributed by atoms with van der Waals surface area (Å²) in [7, 11) is 0. The van der Waals surface area contributed by atoms with Gasteiger partial charge in [-0.05, 0) is 31.1 Å². The van der Waals surface area contributed by atoms with Gasteiger partial charge in [0.15, 0.2) is 0 Å². The van der Waals surface area contributed by atoms with Gasteiger partial charge in [-0.1, -0.05) is 0 Å². The molecule has 0 aromatic carbocycles. The van der Waals surface area contributed by atoms with E-state index in [1.54, 1.807) is 0 Å². The fourth-order valence-corrected chi connectivity index (χ4v) is 2.51. The molecule has 0 saturated carbocycles. The molecule has 0 aromatic heterocycles. The van der Waals surface area contributed by atoms with Crippen LogP contribution in [0.15, 0.2) is 0 Å². The van der Waals surface area contributed by atoms with Crippen LogP contribution in [0.3, 0.4) is 0 Å². The molecular formula is C10H24Cl2N2O2. The second kappa shape index (κ2) is 9.45. The maximum absolute atomic E-state index is 6.04. The number of ether oxygens (including phenoxy) is 2. The van der Waals surface area contributed by atoms with Gasteiger partial charge in [-0.3, -0.25) is 0 Å². The summed E-state index contributed by atoms with van der Waals surface area (Å²) in [5.74, 6) is 1.46. The van der Waals surface area contributed by atoms with Crippen molar-refractivity contribution in [3.05, 3.63) is 0 Å². The van der Waals surface area contributed by atoms with Crippen molar-refractivity contribution in [3.8, 4) is 0 Å². The minimum Gasteiger partial charge on any atom is -0.381 e. The van der Waals surface area contributed by atoms with Crippen LogP contribution < -0.4 is 11.9 Å². The van der Waals surface area contributed by atoms with Crippen molar-refractivity contribution < 1.29 is 9.47 Å². The van der Waals surface area contributed by atoms with Gasteiger partial charge in [-0.15, -0.1) is 24.8 Å². The van der Waals surface area contributed by atoms with Crippen molar-refractivity contribution in [2.24, 2.45) is 17.6 Å². The lowest BCUT2D eigenvalue weighted by molar-refractivity contribution is -0.00904. The summed E-state index contributed by atoms with van der Waals surface area (Å²) in [5.41, 5.74) is 6.04. The van der Waals surface area contributed by atoms with E-state index in [4.69, 9.17) is 15.2 Å². The molecule has 0 radical (unpaired) electrons. The molecule has 16 heavy (non-hydrogen) atoms. The molecule has 2 fully saturated rings. The van der Waals surface area contributed by atoms with E-state index < -0.39 is 0 Å². The molecule has 0 bridgehead atoms. The number of hydrogen-bond donors (Lipinski definition) is 2. The van der Waals surface area contributed by atoms with Crippen molar-refractivity contribution in [3.63, 3.8) is 0 Å². The predicted octanol–water partition coefficient (Wildman–Crippen LogP) is 1.78. The van der Waals surface area contributed by atoms with Crippen LogP contribution in [-0.4, -0.2) is 32.5 Å². The Kier molecular flexibility index (Phi) is 11.1. The van der Waals surface area contributed by atoms with Crippen molar-refractivity contribution >= 4 is 24.8 Å². The molecule has 6 heteroatoms. The highest BCUT2D eigenvalue weighted by Gasteiger charge is 2.30. The highest BCUT2D eigenvalue weighted by molar-refractivity contribution is 5.85. The first-order chi connectivity index (χ1) is 6.38. The van der Waals surface area contributed by atoms with Crippen LogP contribution in [0.5, 0.6) is 0 Å². The van der Waals surface area contributed by atoms with Crippen molar-refractivity contribution in [1.82, 2.24) is 6.15 Å². The fourth-order valence-electron chi connectivity index (χ4n) is 2.51. The van der Waals surface area contributed by atoms with Gasteiger partial charge in [-0.2, -0.15) is 0 Å². The summed E-state index contributed by atoms with van der Waals surface area (Å²) in [5, 5.41) is 0. The minimum atomic E-state index is 0. The zero-order valence-corrected chi connectivity index (χ0v) is 11.2. The summed E-state index contributed by atoms with van der Waals surface area (Å²) in [6.07, 6.45) is 3.53. The monoisotopic (exact) mass is 274 g/mol. The maximum Gasteiger partial charge on any atom is 0.0620 e. The van der Waals surface area contributed by atoms with Crippen molar-refractivity contribution in [1.29, 1.82) is 0 Å². The molecule has 2 unspecified atom stereocenters. The quantitative estimate of drug-likeness (QED) is 0.764. The van der Waals surface area contributed by atoms with Crippen LogP contribution in [0.1, 0.15) is 19.3 Å². The summed E-state index contributed by atoms with van der Waals surface area (Å²) < 4.78 is 10.7. The topological polar surface area (TPSA) is 79.5 Å². The molecule has 100 valence electrons. The third-order valence-corrected chi connectivity index (χ3v) is 3.33. The van der Waals surface area contributed by atoms with Gasteiger partial charge >= 0.3 is 0 Å². The molecule has 4 nitrogen and oxygen atoms in total. The van der Waals surface area contributed by atoms with E-state index >= 15 is 0 Å². The predicted molar refractivity (Wildman–Crippen MR) is 70.0 cm³/mol. The van der Waals surface area contributed by atoms with Gasteiger partial charge in [0.1, 0.15) is 0 Å². The molecule has 0 aromatic rings. The lowest BCUT2D eigenvalue weighted by atomic mass is 9.79. The zero-order chi connectivity index (χ0) is 9.10. The number of halogens is 2. The zero-order valence-electron chi connectivity index (χ0n) is 9.60. The second-order valence-electron chi connectivity index (χ2n) is 4.14. The highest BCUT2D eigenvalue weighted by atomic mass is 35.5. The van der Waals surface area contributed by atoms with Crippen LogP contribution in [0.25, 0.3) is 0 Å². The molecular weight excluding hydrogens is 251 g/mol. The van der Waals surface area contributed by atoms with E-state index in [9.17, 15) is 0 Å². The Morgan fingerprint density at radius 2 is 1.44 bits per heavy atom. The number of rotatable bonds is 1. The molecule has 2 rings (SSSR count). The Labute approximate surface area is 110 Å². The average Bonchev–Trinajstić information content (AvgIpc) is 2.20. The largest absolute Gasteiger partial charge is 0.381 e. The first-order valence-electron chi connectivity index (χ1n) is 5.29. The summed E-state index contributed by atoms with van der Waals surface area (Å²) in [6.45, 7) is 3.50. The molecule has 2 aliphatic heterocycles. The van der Waals surface area contributed by atoms with Gasteiger partial charge in [0.2, 0.25) is 0 Å². The molecule has 0 spiro atoms. The highest BCUT2D eigenvalue weighted by Crippen LogP contribution is 2.30. The third kappa shape index (κ3) is 4.73. The van der Waals surface area contributed by atoms with Gasteiger partial charge in [0.25, 0.3) is 0 Å². The molecule has 2 atom stereocenters. The van der Waals surface area contributed by atoms with Crippen LogP contribution in [0.2, 0.25) is 0 Å². The SMILES string of the molecule is Cl.Cl.N.NC1COCCC1C1CCOCC1. The fraction of sp³-hybridized carbons (Fsp3) is 1.00. The lowest BCUT2D eigenvalue weighted by Gasteiger charge is -2.36. The lowest BCUT2D eigenvalue weighted by Crippen LogP contribution is -2.44. The minimum absolute atomic E-state index is 0. The Morgan fingerprint density at radius 3 is 2.00 bits per heavy atom. The normalized spacial score (nSPS) is 30.6. The molecule has 0 amide bonds. The van der Waals surface area contributed by atoms with Crippen LogP contribution >= 0.6 is 24.8 Å². The Morgan fingerprint density at radius 1 is 0.875 bits per heavy atom. The Balaban J connectivity index is 0. The summed E-state index contributed by atoms with van der Waals surface area (Å²) in [6, 6.07) is 0.261. The van der Waals surface area contributed by atoms with Crippen LogP contribution in [0, 0.1) is 11.8 Å². The smallest absolute Gasteiger partial charge is 0.0620 e. The summed E-state index contributed by atoms with van der Waals surface area (Å²) in [4.78, 5) is 0. The van der Waals surface area contributed by atoms with E-state index in [2.05, 4.69) is 0 Å². The van der Waals surface area contributed by atoms with E-state index in [1.807, 2.05) is 0 Å². The molecule has 0 aliphatic carbocycles. The molecule has 2 aliphatic rings. The number of nitrogens with two attached hydrogens (primary N) is 1. The van der Waals surface area contributed by atoms with E-state index in [0.717, 1.165) is 38.8 Å². The van der Waals surface area contributed by atoms with Crippen molar-refractivity contribution in [2.45, 2.75) is 25.3 Å². The Bertz CT molecular complexity index is 169. The number of hydrogen-bond acceptors (Lipinski definition) is 4. The van der Waals surface area contributed by atoms with Gasteiger partial charge in [0.05, 0.1) is 6.61 Å². The van der Waals surface area contributed by atoms with E-state index in [1.165, 1.54) is 12.8 Å². The van der Waals surface area contributed by atoms with Gasteiger partial charge < -0.3 is 21.4 Å². The standard InChI is InChI=1S/C10H19NO2.2ClH.H3N/c11-10-7-13-6-3-9(10)8-1-4-12-5-2-8;;;/h8-10H,1-7,11H2;2*1H;1H3. The first-order valence-corrected chi connectivity index (χ1v) is 5.29. The van der Waals surface area contributed by atoms with Crippen molar-refractivity contribution in [2.75, 3.05) is 26.4 Å². The molecule has 2 saturated heterocycles. The van der Waals surface area contributed by atoms with Crippen LogP contribution in [-0.2, 0) is 9.47 Å². The average molecular weight is 275 g/mol. The first kappa shape index (κ1) is 18.8. The van der Waals surface area contributed by atoms with E-state index in [0.29, 0.717) is 5.92 Å². The molecule has 5 N–H and O–H groups in total. The molecule has 2 heterocycles. The van der Waals surface area contributed by atoms with Gasteiger partial charge in [0, 0.05) is 25.9 Å².